The standard InChI is InChI=1S/C18H19N/c1-4-13-11-17-14(12(2)3)9-10-19-18(17)16-8-6-5-7-15(13)16/h5-12H,4H2,1-3H3. The molecule has 0 amide bonds. The highest BCUT2D eigenvalue weighted by molar-refractivity contribution is 6.07. The lowest BCUT2D eigenvalue weighted by molar-refractivity contribution is 0.874. The number of benzene rings is 2. The highest BCUT2D eigenvalue weighted by Crippen LogP contribution is 2.32. The molecule has 1 heteroatoms. The molecule has 0 radical (unpaired) electrons. The van der Waals surface area contributed by atoms with E-state index in [4.69, 9.17) is 0 Å². The van der Waals surface area contributed by atoms with Gasteiger partial charge in [0.2, 0.25) is 0 Å². The van der Waals surface area contributed by atoms with E-state index in [1.54, 1.807) is 0 Å². The number of nitrogens with zero attached hydrogens (tertiary/aromatic N) is 1. The molecule has 0 aliphatic heterocycles. The second kappa shape index (κ2) is 4.65. The number of rotatable bonds is 2. The molecule has 3 rings (SSSR count). The molecule has 0 atom stereocenters. The molecule has 19 heavy (non-hydrogen) atoms. The summed E-state index contributed by atoms with van der Waals surface area (Å²) in [4.78, 5) is 4.63. The van der Waals surface area contributed by atoms with Crippen LogP contribution in [0.1, 0.15) is 37.8 Å². The van der Waals surface area contributed by atoms with E-state index in [9.17, 15) is 0 Å². The first-order valence-electron chi connectivity index (χ1n) is 7.01. The molecule has 96 valence electrons. The smallest absolute Gasteiger partial charge is 0.0783 e. The largest absolute Gasteiger partial charge is 0.256 e. The first-order chi connectivity index (χ1) is 9.22. The van der Waals surface area contributed by atoms with E-state index < -0.39 is 0 Å². The molecule has 1 aromatic heterocycles. The third-order valence-corrected chi connectivity index (χ3v) is 3.87. The summed E-state index contributed by atoms with van der Waals surface area (Å²) in [6.45, 7) is 6.71. The van der Waals surface area contributed by atoms with Crippen LogP contribution in [0.15, 0.2) is 42.6 Å². The van der Waals surface area contributed by atoms with Crippen LogP contribution in [0.4, 0.5) is 0 Å². The summed E-state index contributed by atoms with van der Waals surface area (Å²) in [6, 6.07) is 13.1. The second-order valence-corrected chi connectivity index (χ2v) is 5.39. The van der Waals surface area contributed by atoms with Crippen LogP contribution < -0.4 is 0 Å². The van der Waals surface area contributed by atoms with E-state index in [-0.39, 0.29) is 0 Å². The number of aromatic nitrogens is 1. The van der Waals surface area contributed by atoms with Gasteiger partial charge in [0, 0.05) is 17.0 Å². The Morgan fingerprint density at radius 2 is 1.74 bits per heavy atom. The van der Waals surface area contributed by atoms with Gasteiger partial charge in [0.25, 0.3) is 0 Å². The summed E-state index contributed by atoms with van der Waals surface area (Å²) in [5, 5.41) is 3.93. The lowest BCUT2D eigenvalue weighted by Gasteiger charge is -2.13. The Kier molecular flexibility index (Phi) is 2.98. The van der Waals surface area contributed by atoms with E-state index in [0.29, 0.717) is 5.92 Å². The molecule has 0 spiro atoms. The topological polar surface area (TPSA) is 12.9 Å². The third kappa shape index (κ3) is 1.90. The Morgan fingerprint density at radius 3 is 2.42 bits per heavy atom. The monoisotopic (exact) mass is 249 g/mol. The van der Waals surface area contributed by atoms with E-state index >= 15 is 0 Å². The molecule has 0 saturated carbocycles. The summed E-state index contributed by atoms with van der Waals surface area (Å²) in [6.07, 6.45) is 3.00. The summed E-state index contributed by atoms with van der Waals surface area (Å²) >= 11 is 0. The van der Waals surface area contributed by atoms with Crippen molar-refractivity contribution in [3.8, 4) is 0 Å². The van der Waals surface area contributed by atoms with Gasteiger partial charge in [0.1, 0.15) is 0 Å². The number of fused-ring (bicyclic) bond motifs is 3. The van der Waals surface area contributed by atoms with Gasteiger partial charge in [-0.15, -0.1) is 0 Å². The molecule has 1 heterocycles. The van der Waals surface area contributed by atoms with Crippen LogP contribution in [0, 0.1) is 0 Å². The maximum Gasteiger partial charge on any atom is 0.0783 e. The maximum absolute atomic E-state index is 4.63. The van der Waals surface area contributed by atoms with Crippen LogP contribution in [0.25, 0.3) is 21.7 Å². The fourth-order valence-electron chi connectivity index (χ4n) is 2.87. The van der Waals surface area contributed by atoms with Gasteiger partial charge in [-0.1, -0.05) is 45.0 Å². The van der Waals surface area contributed by atoms with Crippen LogP contribution in [0.2, 0.25) is 0 Å². The summed E-state index contributed by atoms with van der Waals surface area (Å²) in [5.41, 5.74) is 3.95. The average Bonchev–Trinajstić information content (AvgIpc) is 2.45. The summed E-state index contributed by atoms with van der Waals surface area (Å²) in [5.74, 6) is 0.524. The van der Waals surface area contributed by atoms with Gasteiger partial charge in [0.15, 0.2) is 0 Å². The number of hydrogen-bond donors (Lipinski definition) is 0. The molecule has 1 nitrogen and oxygen atoms in total. The van der Waals surface area contributed by atoms with Crippen molar-refractivity contribution in [1.82, 2.24) is 4.98 Å². The normalized spacial score (nSPS) is 11.6. The van der Waals surface area contributed by atoms with Crippen molar-refractivity contribution in [2.45, 2.75) is 33.1 Å². The molecular formula is C18H19N. The Balaban J connectivity index is 2.52. The van der Waals surface area contributed by atoms with E-state index in [1.165, 1.54) is 27.3 Å². The third-order valence-electron chi connectivity index (χ3n) is 3.87. The van der Waals surface area contributed by atoms with Crippen molar-refractivity contribution < 1.29 is 0 Å². The molecular weight excluding hydrogens is 230 g/mol. The molecule has 0 aliphatic carbocycles. The minimum Gasteiger partial charge on any atom is -0.256 e. The van der Waals surface area contributed by atoms with Gasteiger partial charge in [-0.05, 0) is 41.0 Å². The van der Waals surface area contributed by atoms with Crippen LogP contribution in [-0.2, 0) is 6.42 Å². The van der Waals surface area contributed by atoms with Crippen LogP contribution in [0.5, 0.6) is 0 Å². The lowest BCUT2D eigenvalue weighted by atomic mass is 9.93. The van der Waals surface area contributed by atoms with E-state index in [2.05, 4.69) is 62.2 Å². The van der Waals surface area contributed by atoms with Crippen molar-refractivity contribution in [1.29, 1.82) is 0 Å². The molecule has 0 aliphatic rings. The molecule has 3 aromatic rings. The zero-order valence-corrected chi connectivity index (χ0v) is 11.8. The van der Waals surface area contributed by atoms with E-state index in [0.717, 1.165) is 11.9 Å². The molecule has 0 unspecified atom stereocenters. The Hall–Kier alpha value is -1.89. The van der Waals surface area contributed by atoms with Gasteiger partial charge < -0.3 is 0 Å². The lowest BCUT2D eigenvalue weighted by Crippen LogP contribution is -1.94. The quantitative estimate of drug-likeness (QED) is 0.577. The van der Waals surface area contributed by atoms with E-state index in [1.807, 2.05) is 6.20 Å². The van der Waals surface area contributed by atoms with Crippen LogP contribution >= 0.6 is 0 Å². The van der Waals surface area contributed by atoms with Crippen molar-refractivity contribution in [2.75, 3.05) is 0 Å². The first-order valence-corrected chi connectivity index (χ1v) is 7.01. The molecule has 0 N–H and O–H groups in total. The Bertz CT molecular complexity index is 741. The minimum atomic E-state index is 0.524. The SMILES string of the molecule is CCc1cc2c(C(C)C)ccnc2c2ccccc12. The molecule has 0 fully saturated rings. The minimum absolute atomic E-state index is 0.524. The fourth-order valence-corrected chi connectivity index (χ4v) is 2.87. The fraction of sp³-hybridized carbons (Fsp3) is 0.278. The predicted molar refractivity (Wildman–Crippen MR) is 82.7 cm³/mol. The van der Waals surface area contributed by atoms with Crippen LogP contribution in [-0.4, -0.2) is 4.98 Å². The maximum atomic E-state index is 4.63. The molecule has 0 bridgehead atoms. The first kappa shape index (κ1) is 12.2. The Morgan fingerprint density at radius 1 is 1.00 bits per heavy atom. The highest BCUT2D eigenvalue weighted by Gasteiger charge is 2.11. The molecule has 2 aromatic carbocycles. The highest BCUT2D eigenvalue weighted by atomic mass is 14.7. The van der Waals surface area contributed by atoms with Crippen LogP contribution in [0.3, 0.4) is 0 Å². The summed E-state index contributed by atoms with van der Waals surface area (Å²) < 4.78 is 0. The number of pyridine rings is 1. The van der Waals surface area contributed by atoms with Gasteiger partial charge >= 0.3 is 0 Å². The second-order valence-electron chi connectivity index (χ2n) is 5.39. The Labute approximate surface area is 114 Å². The zero-order chi connectivity index (χ0) is 13.4. The molecule has 0 saturated heterocycles. The van der Waals surface area contributed by atoms with Crippen molar-refractivity contribution >= 4 is 21.7 Å². The van der Waals surface area contributed by atoms with Crippen molar-refractivity contribution in [3.05, 3.63) is 53.7 Å². The number of hydrogen-bond acceptors (Lipinski definition) is 1. The predicted octanol–water partition coefficient (Wildman–Crippen LogP) is 5.07. The summed E-state index contributed by atoms with van der Waals surface area (Å²) in [7, 11) is 0. The van der Waals surface area contributed by atoms with Crippen molar-refractivity contribution in [2.24, 2.45) is 0 Å². The average molecular weight is 249 g/mol. The number of aryl methyl sites for hydroxylation is 1. The van der Waals surface area contributed by atoms with Gasteiger partial charge in [0.05, 0.1) is 5.52 Å². The van der Waals surface area contributed by atoms with Gasteiger partial charge in [-0.3, -0.25) is 4.98 Å². The van der Waals surface area contributed by atoms with Gasteiger partial charge in [-0.2, -0.15) is 0 Å². The van der Waals surface area contributed by atoms with Gasteiger partial charge in [-0.25, -0.2) is 0 Å². The zero-order valence-electron chi connectivity index (χ0n) is 11.8. The van der Waals surface area contributed by atoms with Crippen molar-refractivity contribution in [3.63, 3.8) is 0 Å².